The number of hydrogen-bond acceptors (Lipinski definition) is 3. The van der Waals surface area contributed by atoms with Crippen LogP contribution in [-0.2, 0) is 4.79 Å². The maximum Gasteiger partial charge on any atom is 0.244 e. The molecule has 0 bridgehead atoms. The molecular formula is C11H13ClN4O. The zero-order valence-electron chi connectivity index (χ0n) is 9.06. The van der Waals surface area contributed by atoms with Crippen LogP contribution in [0, 0.1) is 0 Å². The van der Waals surface area contributed by atoms with Crippen molar-refractivity contribution in [2.24, 2.45) is 5.73 Å². The molecule has 3 rings (SSSR count). The van der Waals surface area contributed by atoms with Crippen LogP contribution in [0.4, 0.5) is 5.69 Å². The van der Waals surface area contributed by atoms with Crippen molar-refractivity contribution in [2.75, 3.05) is 5.32 Å². The molecule has 1 aromatic carbocycles. The van der Waals surface area contributed by atoms with Crippen molar-refractivity contribution in [1.82, 2.24) is 10.2 Å². The van der Waals surface area contributed by atoms with Gasteiger partial charge in [-0.05, 0) is 31.0 Å². The van der Waals surface area contributed by atoms with Crippen LogP contribution in [0.1, 0.15) is 12.8 Å². The van der Waals surface area contributed by atoms with E-state index in [4.69, 9.17) is 5.73 Å². The lowest BCUT2D eigenvalue weighted by Gasteiger charge is -2.09. The van der Waals surface area contributed by atoms with Gasteiger partial charge in [-0.15, -0.1) is 12.4 Å². The summed E-state index contributed by atoms with van der Waals surface area (Å²) in [5, 5.41) is 10.6. The van der Waals surface area contributed by atoms with Gasteiger partial charge in [0.1, 0.15) is 0 Å². The van der Waals surface area contributed by atoms with E-state index in [0.29, 0.717) is 0 Å². The summed E-state index contributed by atoms with van der Waals surface area (Å²) in [6, 6.07) is 5.60. The molecule has 90 valence electrons. The first-order chi connectivity index (χ1) is 7.67. The van der Waals surface area contributed by atoms with Crippen molar-refractivity contribution >= 4 is 34.9 Å². The summed E-state index contributed by atoms with van der Waals surface area (Å²) < 4.78 is 0. The molecule has 4 N–H and O–H groups in total. The Bertz CT molecular complexity index is 561. The van der Waals surface area contributed by atoms with Crippen molar-refractivity contribution in [3.63, 3.8) is 0 Å². The molecule has 0 unspecified atom stereocenters. The number of nitrogens with one attached hydrogen (secondary N) is 2. The first-order valence-corrected chi connectivity index (χ1v) is 5.21. The zero-order chi connectivity index (χ0) is 11.2. The van der Waals surface area contributed by atoms with Gasteiger partial charge in [0.25, 0.3) is 0 Å². The van der Waals surface area contributed by atoms with E-state index in [1.165, 1.54) is 0 Å². The number of aromatic nitrogens is 2. The van der Waals surface area contributed by atoms with Gasteiger partial charge in [0.15, 0.2) is 0 Å². The molecule has 0 atom stereocenters. The van der Waals surface area contributed by atoms with E-state index >= 15 is 0 Å². The molecule has 1 fully saturated rings. The highest BCUT2D eigenvalue weighted by Gasteiger charge is 2.45. The van der Waals surface area contributed by atoms with E-state index in [1.54, 1.807) is 6.20 Å². The number of halogens is 1. The number of amides is 1. The molecule has 2 aromatic rings. The summed E-state index contributed by atoms with van der Waals surface area (Å²) in [6.07, 6.45) is 3.26. The van der Waals surface area contributed by atoms with Gasteiger partial charge < -0.3 is 11.1 Å². The standard InChI is InChI=1S/C11H12N4O.ClH/c12-11(3-4-11)10(16)14-8-1-2-9-7(5-8)6-13-15-9;/h1-2,5-6H,3-4,12H2,(H,13,15)(H,14,16);1H. The molecule has 1 saturated carbocycles. The highest BCUT2D eigenvalue weighted by Crippen LogP contribution is 2.33. The molecule has 0 radical (unpaired) electrons. The van der Waals surface area contributed by atoms with Crippen LogP contribution in [0.15, 0.2) is 24.4 Å². The Morgan fingerprint density at radius 2 is 2.24 bits per heavy atom. The first kappa shape index (κ1) is 11.9. The fraction of sp³-hybridized carbons (Fsp3) is 0.273. The number of carbonyl (C=O) groups excluding carboxylic acids is 1. The van der Waals surface area contributed by atoms with Crippen LogP contribution in [0.2, 0.25) is 0 Å². The number of rotatable bonds is 2. The van der Waals surface area contributed by atoms with Crippen LogP contribution < -0.4 is 11.1 Å². The Labute approximate surface area is 104 Å². The lowest BCUT2D eigenvalue weighted by Crippen LogP contribution is -2.37. The topological polar surface area (TPSA) is 83.8 Å². The predicted molar refractivity (Wildman–Crippen MR) is 68.1 cm³/mol. The Morgan fingerprint density at radius 3 is 2.94 bits per heavy atom. The third-order valence-electron chi connectivity index (χ3n) is 2.94. The van der Waals surface area contributed by atoms with Crippen molar-refractivity contribution < 1.29 is 4.79 Å². The maximum atomic E-state index is 11.7. The molecule has 1 aliphatic carbocycles. The summed E-state index contributed by atoms with van der Waals surface area (Å²) in [5.41, 5.74) is 6.88. The second-order valence-corrected chi connectivity index (χ2v) is 4.28. The predicted octanol–water partition coefficient (Wildman–Crippen LogP) is 1.41. The molecule has 1 aromatic heterocycles. The zero-order valence-corrected chi connectivity index (χ0v) is 9.88. The molecule has 0 saturated heterocycles. The number of benzene rings is 1. The van der Waals surface area contributed by atoms with Crippen molar-refractivity contribution in [3.8, 4) is 0 Å². The number of fused-ring (bicyclic) bond motifs is 1. The van der Waals surface area contributed by atoms with E-state index in [9.17, 15) is 4.79 Å². The number of aromatic amines is 1. The van der Waals surface area contributed by atoms with Gasteiger partial charge >= 0.3 is 0 Å². The molecule has 1 aliphatic rings. The second kappa shape index (κ2) is 4.01. The van der Waals surface area contributed by atoms with E-state index in [0.717, 1.165) is 29.4 Å². The molecule has 1 amide bonds. The quantitative estimate of drug-likeness (QED) is 0.756. The van der Waals surface area contributed by atoms with Crippen molar-refractivity contribution in [1.29, 1.82) is 0 Å². The van der Waals surface area contributed by atoms with Gasteiger partial charge in [0, 0.05) is 11.1 Å². The maximum absolute atomic E-state index is 11.7. The number of nitrogens with zero attached hydrogens (tertiary/aromatic N) is 1. The highest BCUT2D eigenvalue weighted by molar-refractivity contribution is 6.01. The average molecular weight is 253 g/mol. The van der Waals surface area contributed by atoms with Gasteiger partial charge in [-0.2, -0.15) is 5.10 Å². The fourth-order valence-electron chi connectivity index (χ4n) is 1.64. The smallest absolute Gasteiger partial charge is 0.244 e. The van der Waals surface area contributed by atoms with Gasteiger partial charge in [-0.1, -0.05) is 0 Å². The highest BCUT2D eigenvalue weighted by atomic mass is 35.5. The van der Waals surface area contributed by atoms with Crippen molar-refractivity contribution in [2.45, 2.75) is 18.4 Å². The van der Waals surface area contributed by atoms with Crippen LogP contribution in [0.3, 0.4) is 0 Å². The normalized spacial score (nSPS) is 16.3. The molecule has 17 heavy (non-hydrogen) atoms. The number of H-pyrrole nitrogens is 1. The van der Waals surface area contributed by atoms with Gasteiger partial charge in [-0.3, -0.25) is 9.89 Å². The van der Waals surface area contributed by atoms with Crippen molar-refractivity contribution in [3.05, 3.63) is 24.4 Å². The number of anilines is 1. The fourth-order valence-corrected chi connectivity index (χ4v) is 1.64. The van der Waals surface area contributed by atoms with Crippen LogP contribution in [0.5, 0.6) is 0 Å². The number of hydrogen-bond donors (Lipinski definition) is 3. The van der Waals surface area contributed by atoms with E-state index in [2.05, 4.69) is 15.5 Å². The molecule has 0 aliphatic heterocycles. The van der Waals surface area contributed by atoms with Gasteiger partial charge in [0.2, 0.25) is 5.91 Å². The second-order valence-electron chi connectivity index (χ2n) is 4.28. The number of carbonyl (C=O) groups is 1. The molecule has 5 nitrogen and oxygen atoms in total. The van der Waals surface area contributed by atoms with Gasteiger partial charge in [-0.25, -0.2) is 0 Å². The number of nitrogens with two attached hydrogens (primary N) is 1. The molecule has 6 heteroatoms. The Kier molecular flexibility index (Phi) is 2.81. The monoisotopic (exact) mass is 252 g/mol. The summed E-state index contributed by atoms with van der Waals surface area (Å²) in [4.78, 5) is 11.7. The Morgan fingerprint density at radius 1 is 1.47 bits per heavy atom. The first-order valence-electron chi connectivity index (χ1n) is 5.21. The van der Waals surface area contributed by atoms with Crippen LogP contribution in [-0.4, -0.2) is 21.6 Å². The third kappa shape index (κ3) is 2.11. The van der Waals surface area contributed by atoms with Crippen LogP contribution in [0.25, 0.3) is 10.9 Å². The third-order valence-corrected chi connectivity index (χ3v) is 2.94. The minimum atomic E-state index is -0.634. The van der Waals surface area contributed by atoms with Gasteiger partial charge in [0.05, 0.1) is 17.3 Å². The largest absolute Gasteiger partial charge is 0.324 e. The summed E-state index contributed by atoms with van der Waals surface area (Å²) in [6.45, 7) is 0. The SMILES string of the molecule is Cl.NC1(C(=O)Nc2ccc3[nH]ncc3c2)CC1. The van der Waals surface area contributed by atoms with E-state index < -0.39 is 5.54 Å². The summed E-state index contributed by atoms with van der Waals surface area (Å²) in [5.74, 6) is -0.102. The summed E-state index contributed by atoms with van der Waals surface area (Å²) in [7, 11) is 0. The van der Waals surface area contributed by atoms with E-state index in [-0.39, 0.29) is 18.3 Å². The summed E-state index contributed by atoms with van der Waals surface area (Å²) >= 11 is 0. The Hall–Kier alpha value is -1.59. The molecule has 1 heterocycles. The average Bonchev–Trinajstić information content (AvgIpc) is 2.87. The lowest BCUT2D eigenvalue weighted by molar-refractivity contribution is -0.118. The van der Waals surface area contributed by atoms with Crippen LogP contribution >= 0.6 is 12.4 Å². The Balaban J connectivity index is 0.00000108. The molecular weight excluding hydrogens is 240 g/mol. The minimum Gasteiger partial charge on any atom is -0.324 e. The molecule has 0 spiro atoms. The minimum absolute atomic E-state index is 0. The lowest BCUT2D eigenvalue weighted by atomic mass is 10.2. The van der Waals surface area contributed by atoms with E-state index in [1.807, 2.05) is 18.2 Å².